The molecule has 40 heavy (non-hydrogen) atoms. The Labute approximate surface area is 231 Å². The lowest BCUT2D eigenvalue weighted by Crippen LogP contribution is -2.47. The summed E-state index contributed by atoms with van der Waals surface area (Å²) in [6.45, 7) is 4.22. The van der Waals surface area contributed by atoms with Gasteiger partial charge in [0.2, 0.25) is 6.79 Å². The summed E-state index contributed by atoms with van der Waals surface area (Å²) in [6.07, 6.45) is -5.63. The van der Waals surface area contributed by atoms with E-state index >= 15 is 0 Å². The van der Waals surface area contributed by atoms with E-state index in [2.05, 4.69) is 5.32 Å². The SMILES string of the molecule is CO[C@H]1CN(C)C(=O)c2cc(NC(=O)c3ccc4c(c3)OCO4)ccc2OC[C@@H](C)N(CCC(F)(F)F)C[C@H]1C. The van der Waals surface area contributed by atoms with Crippen molar-refractivity contribution in [2.75, 3.05) is 52.5 Å². The van der Waals surface area contributed by atoms with Crippen LogP contribution in [0.25, 0.3) is 0 Å². The monoisotopic (exact) mass is 565 g/mol. The maximum Gasteiger partial charge on any atom is 0.390 e. The summed E-state index contributed by atoms with van der Waals surface area (Å²) >= 11 is 0. The molecule has 0 radical (unpaired) electrons. The van der Waals surface area contributed by atoms with E-state index in [0.717, 1.165) is 0 Å². The Balaban J connectivity index is 1.59. The number of amides is 2. The molecule has 12 heteroatoms. The first-order valence-electron chi connectivity index (χ1n) is 13.0. The molecule has 3 atom stereocenters. The molecule has 0 fully saturated rings. The van der Waals surface area contributed by atoms with Gasteiger partial charge in [0.1, 0.15) is 12.4 Å². The van der Waals surface area contributed by atoms with Gasteiger partial charge in [0.15, 0.2) is 11.5 Å². The summed E-state index contributed by atoms with van der Waals surface area (Å²) in [4.78, 5) is 29.7. The minimum atomic E-state index is -4.28. The molecule has 2 amide bonds. The van der Waals surface area contributed by atoms with Crippen molar-refractivity contribution in [1.29, 1.82) is 0 Å². The summed E-state index contributed by atoms with van der Waals surface area (Å²) in [5.74, 6) is 0.374. The molecule has 0 unspecified atom stereocenters. The number of likely N-dealkylation sites (N-methyl/N-ethyl adjacent to an activating group) is 1. The fourth-order valence-corrected chi connectivity index (χ4v) is 4.75. The highest BCUT2D eigenvalue weighted by Gasteiger charge is 2.32. The molecular formula is C28H34F3N3O6. The molecule has 2 aromatic rings. The van der Waals surface area contributed by atoms with Crippen molar-refractivity contribution >= 4 is 17.5 Å². The minimum absolute atomic E-state index is 0.0646. The molecule has 2 aromatic carbocycles. The van der Waals surface area contributed by atoms with Gasteiger partial charge in [-0.3, -0.25) is 14.5 Å². The fourth-order valence-electron chi connectivity index (χ4n) is 4.75. The number of nitrogens with one attached hydrogen (secondary N) is 1. The first kappa shape index (κ1) is 29.5. The quantitative estimate of drug-likeness (QED) is 0.574. The van der Waals surface area contributed by atoms with Crippen molar-refractivity contribution in [1.82, 2.24) is 9.80 Å². The Morgan fingerprint density at radius 1 is 1.05 bits per heavy atom. The molecule has 0 spiro atoms. The average molecular weight is 566 g/mol. The molecule has 0 bridgehead atoms. The van der Waals surface area contributed by atoms with Crippen LogP contribution in [0.1, 0.15) is 41.0 Å². The predicted octanol–water partition coefficient (Wildman–Crippen LogP) is 4.43. The van der Waals surface area contributed by atoms with Crippen LogP contribution in [0.4, 0.5) is 18.9 Å². The van der Waals surface area contributed by atoms with E-state index in [1.165, 1.54) is 18.1 Å². The number of methoxy groups -OCH3 is 1. The highest BCUT2D eigenvalue weighted by atomic mass is 19.4. The number of ether oxygens (including phenoxy) is 4. The summed E-state index contributed by atoms with van der Waals surface area (Å²) < 4.78 is 61.4. The van der Waals surface area contributed by atoms with E-state index in [-0.39, 0.29) is 55.7 Å². The molecule has 218 valence electrons. The van der Waals surface area contributed by atoms with Crippen LogP contribution >= 0.6 is 0 Å². The molecule has 2 heterocycles. The van der Waals surface area contributed by atoms with Crippen LogP contribution in [0.15, 0.2) is 36.4 Å². The van der Waals surface area contributed by atoms with Crippen LogP contribution in [-0.4, -0.2) is 87.1 Å². The predicted molar refractivity (Wildman–Crippen MR) is 141 cm³/mol. The number of carbonyl (C=O) groups excluding carboxylic acids is 2. The molecule has 0 aromatic heterocycles. The number of alkyl halides is 3. The zero-order valence-electron chi connectivity index (χ0n) is 22.9. The fraction of sp³-hybridized carbons (Fsp3) is 0.500. The summed E-state index contributed by atoms with van der Waals surface area (Å²) in [5.41, 5.74) is 0.930. The zero-order chi connectivity index (χ0) is 29.0. The van der Waals surface area contributed by atoms with Gasteiger partial charge in [-0.25, -0.2) is 0 Å². The highest BCUT2D eigenvalue weighted by Crippen LogP contribution is 2.33. The number of hydrogen-bond acceptors (Lipinski definition) is 7. The Bertz CT molecular complexity index is 1220. The standard InChI is InChI=1S/C28H34F3N3O6/c1-17-13-34(10-9-28(29,30)31)18(2)15-38-22-8-6-20(12-21(22)27(36)33(3)14-25(17)37-4)32-26(35)19-5-7-23-24(11-19)40-16-39-23/h5-8,11-12,17-18,25H,9-10,13-16H2,1-4H3,(H,32,35)/t17-,18-,25+/m1/s1. The lowest BCUT2D eigenvalue weighted by Gasteiger charge is -2.36. The van der Waals surface area contributed by atoms with Crippen LogP contribution in [0.2, 0.25) is 0 Å². The highest BCUT2D eigenvalue weighted by molar-refractivity contribution is 6.06. The summed E-state index contributed by atoms with van der Waals surface area (Å²) in [5, 5.41) is 2.79. The van der Waals surface area contributed by atoms with Crippen LogP contribution in [0.3, 0.4) is 0 Å². The van der Waals surface area contributed by atoms with Gasteiger partial charge in [-0.05, 0) is 49.2 Å². The second kappa shape index (κ2) is 12.3. The number of hydrogen-bond donors (Lipinski definition) is 1. The Morgan fingerprint density at radius 3 is 2.50 bits per heavy atom. The van der Waals surface area contributed by atoms with E-state index < -0.39 is 24.6 Å². The largest absolute Gasteiger partial charge is 0.491 e. The number of rotatable bonds is 5. The van der Waals surface area contributed by atoms with Crippen molar-refractivity contribution in [3.8, 4) is 17.2 Å². The van der Waals surface area contributed by atoms with Crippen molar-refractivity contribution in [3.63, 3.8) is 0 Å². The molecule has 4 rings (SSSR count). The van der Waals surface area contributed by atoms with E-state index in [4.69, 9.17) is 18.9 Å². The molecule has 2 aliphatic rings. The number of carbonyl (C=O) groups is 2. The third kappa shape index (κ3) is 7.16. The van der Waals surface area contributed by atoms with Crippen LogP contribution in [-0.2, 0) is 4.74 Å². The second-order valence-electron chi connectivity index (χ2n) is 10.2. The number of halogens is 3. The van der Waals surface area contributed by atoms with E-state index in [9.17, 15) is 22.8 Å². The third-order valence-corrected chi connectivity index (χ3v) is 7.15. The normalized spacial score (nSPS) is 22.1. The molecular weight excluding hydrogens is 531 g/mol. The van der Waals surface area contributed by atoms with Crippen molar-refractivity contribution in [3.05, 3.63) is 47.5 Å². The number of fused-ring (bicyclic) bond motifs is 2. The Kier molecular flexibility index (Phi) is 9.09. The van der Waals surface area contributed by atoms with Gasteiger partial charge in [0.25, 0.3) is 11.8 Å². The third-order valence-electron chi connectivity index (χ3n) is 7.15. The topological polar surface area (TPSA) is 89.6 Å². The smallest absolute Gasteiger partial charge is 0.390 e. The Hall–Kier alpha value is -3.51. The van der Waals surface area contributed by atoms with Crippen LogP contribution < -0.4 is 19.5 Å². The first-order chi connectivity index (χ1) is 18.9. The van der Waals surface area contributed by atoms with E-state index in [0.29, 0.717) is 29.3 Å². The van der Waals surface area contributed by atoms with Gasteiger partial charge in [0.05, 0.1) is 18.1 Å². The van der Waals surface area contributed by atoms with Crippen LogP contribution in [0, 0.1) is 5.92 Å². The van der Waals surface area contributed by atoms with Gasteiger partial charge in [-0.2, -0.15) is 13.2 Å². The molecule has 0 saturated heterocycles. The van der Waals surface area contributed by atoms with Gasteiger partial charge in [-0.1, -0.05) is 6.92 Å². The summed E-state index contributed by atoms with van der Waals surface area (Å²) in [7, 11) is 3.15. The average Bonchev–Trinajstić information content (AvgIpc) is 3.39. The van der Waals surface area contributed by atoms with Crippen molar-refractivity contribution < 1.29 is 41.7 Å². The molecule has 9 nitrogen and oxygen atoms in total. The van der Waals surface area contributed by atoms with Crippen LogP contribution in [0.5, 0.6) is 17.2 Å². The summed E-state index contributed by atoms with van der Waals surface area (Å²) in [6, 6.07) is 9.17. The van der Waals surface area contributed by atoms with Crippen molar-refractivity contribution in [2.24, 2.45) is 5.92 Å². The van der Waals surface area contributed by atoms with E-state index in [1.54, 1.807) is 49.2 Å². The lowest BCUT2D eigenvalue weighted by atomic mass is 10.0. The maximum atomic E-state index is 13.5. The van der Waals surface area contributed by atoms with Crippen molar-refractivity contribution in [2.45, 2.75) is 38.6 Å². The zero-order valence-corrected chi connectivity index (χ0v) is 22.9. The molecule has 0 saturated carbocycles. The number of nitrogens with zero attached hydrogens (tertiary/aromatic N) is 2. The maximum absolute atomic E-state index is 13.5. The molecule has 2 aliphatic heterocycles. The van der Waals surface area contributed by atoms with E-state index in [1.807, 2.05) is 6.92 Å². The van der Waals surface area contributed by atoms with Gasteiger partial charge < -0.3 is 29.2 Å². The molecule has 1 N–H and O–H groups in total. The first-order valence-corrected chi connectivity index (χ1v) is 13.0. The Morgan fingerprint density at radius 2 is 1.77 bits per heavy atom. The minimum Gasteiger partial charge on any atom is -0.491 e. The van der Waals surface area contributed by atoms with Gasteiger partial charge in [-0.15, -0.1) is 0 Å². The molecule has 0 aliphatic carbocycles. The van der Waals surface area contributed by atoms with Gasteiger partial charge in [0, 0.05) is 51.1 Å². The van der Waals surface area contributed by atoms with Gasteiger partial charge >= 0.3 is 6.18 Å². The number of anilines is 1. The number of benzene rings is 2. The second-order valence-corrected chi connectivity index (χ2v) is 10.2. The lowest BCUT2D eigenvalue weighted by molar-refractivity contribution is -0.140.